The van der Waals surface area contributed by atoms with Crippen molar-refractivity contribution in [2.24, 2.45) is 11.8 Å². The highest BCUT2D eigenvalue weighted by Gasteiger charge is 2.41. The van der Waals surface area contributed by atoms with Gasteiger partial charge in [-0.25, -0.2) is 0 Å². The molecule has 3 nitrogen and oxygen atoms in total. The van der Waals surface area contributed by atoms with Gasteiger partial charge in [-0.3, -0.25) is 4.79 Å². The van der Waals surface area contributed by atoms with Crippen LogP contribution in [0.15, 0.2) is 12.2 Å². The normalized spacial score (nSPS) is 36.0. The summed E-state index contributed by atoms with van der Waals surface area (Å²) in [4.78, 5) is 11.2. The number of carbonyl (C=O) groups is 1. The van der Waals surface area contributed by atoms with E-state index in [9.17, 15) is 4.79 Å². The molecule has 0 heterocycles. The van der Waals surface area contributed by atoms with E-state index in [1.807, 2.05) is 6.92 Å². The number of rotatable bonds is 3. The molecule has 1 N–H and O–H groups in total. The van der Waals surface area contributed by atoms with E-state index in [1.54, 1.807) is 0 Å². The van der Waals surface area contributed by atoms with Gasteiger partial charge in [0.2, 0.25) is 0 Å². The zero-order chi connectivity index (χ0) is 10.1. The molecule has 0 radical (unpaired) electrons. The molecule has 2 aliphatic rings. The van der Waals surface area contributed by atoms with Gasteiger partial charge in [0.05, 0.1) is 7.11 Å². The minimum atomic E-state index is -0.181. The summed E-state index contributed by atoms with van der Waals surface area (Å²) in [6.45, 7) is 1.86. The second-order valence-electron chi connectivity index (χ2n) is 4.25. The number of hydrogen-bond acceptors (Lipinski definition) is 3. The Morgan fingerprint density at radius 2 is 2.43 bits per heavy atom. The van der Waals surface area contributed by atoms with Gasteiger partial charge in [0.1, 0.15) is 6.04 Å². The van der Waals surface area contributed by atoms with Gasteiger partial charge < -0.3 is 10.1 Å². The Kier molecular flexibility index (Phi) is 2.59. The van der Waals surface area contributed by atoms with Gasteiger partial charge >= 0.3 is 5.97 Å². The maximum absolute atomic E-state index is 11.2. The summed E-state index contributed by atoms with van der Waals surface area (Å²) in [5, 5.41) is 3.31. The minimum Gasteiger partial charge on any atom is -0.468 e. The van der Waals surface area contributed by atoms with Crippen molar-refractivity contribution in [3.05, 3.63) is 12.2 Å². The fourth-order valence-electron chi connectivity index (χ4n) is 2.47. The van der Waals surface area contributed by atoms with Gasteiger partial charge in [-0.2, -0.15) is 0 Å². The van der Waals surface area contributed by atoms with Gasteiger partial charge in [-0.15, -0.1) is 0 Å². The topological polar surface area (TPSA) is 38.3 Å². The molecule has 3 heteroatoms. The maximum Gasteiger partial charge on any atom is 0.322 e. The van der Waals surface area contributed by atoms with E-state index in [0.717, 1.165) is 5.92 Å². The Morgan fingerprint density at radius 3 is 3.07 bits per heavy atom. The Hall–Kier alpha value is -0.830. The van der Waals surface area contributed by atoms with Crippen molar-refractivity contribution in [1.29, 1.82) is 0 Å². The highest BCUT2D eigenvalue weighted by molar-refractivity contribution is 5.75. The predicted octanol–water partition coefficient (Wildman–Crippen LogP) is 1.10. The summed E-state index contributed by atoms with van der Waals surface area (Å²) in [6.07, 6.45) is 6.93. The van der Waals surface area contributed by atoms with E-state index in [4.69, 9.17) is 0 Å². The van der Waals surface area contributed by atoms with Crippen LogP contribution in [0.2, 0.25) is 0 Å². The molecular weight excluding hydrogens is 178 g/mol. The SMILES string of the molecule is COC(=O)C(C)NC1CC2CC=CC21. The summed E-state index contributed by atoms with van der Waals surface area (Å²) in [6, 6.07) is 0.299. The van der Waals surface area contributed by atoms with Crippen LogP contribution in [0.4, 0.5) is 0 Å². The van der Waals surface area contributed by atoms with Crippen LogP contribution < -0.4 is 5.32 Å². The number of nitrogens with one attached hydrogen (secondary N) is 1. The molecule has 4 atom stereocenters. The first-order valence-corrected chi connectivity index (χ1v) is 5.23. The number of hydrogen-bond donors (Lipinski definition) is 1. The van der Waals surface area contributed by atoms with E-state index >= 15 is 0 Å². The Balaban J connectivity index is 1.81. The van der Waals surface area contributed by atoms with E-state index in [2.05, 4.69) is 22.2 Å². The quantitative estimate of drug-likeness (QED) is 0.541. The Labute approximate surface area is 84.5 Å². The van der Waals surface area contributed by atoms with Gasteiger partial charge in [0.25, 0.3) is 0 Å². The minimum absolute atomic E-state index is 0.171. The molecule has 2 rings (SSSR count). The molecule has 1 fully saturated rings. The summed E-state index contributed by atoms with van der Waals surface area (Å²) in [5.74, 6) is 1.31. The second-order valence-corrected chi connectivity index (χ2v) is 4.25. The first-order valence-electron chi connectivity index (χ1n) is 5.23. The third-order valence-electron chi connectivity index (χ3n) is 3.38. The fraction of sp³-hybridized carbons (Fsp3) is 0.727. The number of methoxy groups -OCH3 is 1. The van der Waals surface area contributed by atoms with Crippen molar-refractivity contribution < 1.29 is 9.53 Å². The predicted molar refractivity (Wildman–Crippen MR) is 53.8 cm³/mol. The number of allylic oxidation sites excluding steroid dienone is 1. The molecule has 14 heavy (non-hydrogen) atoms. The monoisotopic (exact) mass is 195 g/mol. The third kappa shape index (κ3) is 1.57. The van der Waals surface area contributed by atoms with Crippen LogP contribution in [0.25, 0.3) is 0 Å². The zero-order valence-corrected chi connectivity index (χ0v) is 8.69. The van der Waals surface area contributed by atoms with Gasteiger partial charge in [0, 0.05) is 6.04 Å². The third-order valence-corrected chi connectivity index (χ3v) is 3.38. The molecule has 0 aliphatic heterocycles. The number of carbonyl (C=O) groups excluding carboxylic acids is 1. The molecule has 1 saturated carbocycles. The smallest absolute Gasteiger partial charge is 0.322 e. The van der Waals surface area contributed by atoms with Crippen molar-refractivity contribution in [2.75, 3.05) is 7.11 Å². The van der Waals surface area contributed by atoms with Crippen molar-refractivity contribution in [1.82, 2.24) is 5.32 Å². The standard InChI is InChI=1S/C11H17NO2/c1-7(11(13)14-2)12-10-6-8-4-3-5-9(8)10/h3,5,7-10,12H,4,6H2,1-2H3. The van der Waals surface area contributed by atoms with Crippen LogP contribution in [-0.2, 0) is 9.53 Å². The van der Waals surface area contributed by atoms with Crippen LogP contribution in [-0.4, -0.2) is 25.2 Å². The highest BCUT2D eigenvalue weighted by atomic mass is 16.5. The molecule has 0 saturated heterocycles. The maximum atomic E-state index is 11.2. The molecule has 2 aliphatic carbocycles. The van der Waals surface area contributed by atoms with E-state index in [1.165, 1.54) is 20.0 Å². The van der Waals surface area contributed by atoms with Gasteiger partial charge in [0.15, 0.2) is 0 Å². The average Bonchev–Trinajstić information content (AvgIpc) is 2.54. The number of fused-ring (bicyclic) bond motifs is 1. The van der Waals surface area contributed by atoms with E-state index in [0.29, 0.717) is 12.0 Å². The second kappa shape index (κ2) is 3.73. The van der Waals surface area contributed by atoms with Gasteiger partial charge in [-0.05, 0) is 31.6 Å². The Morgan fingerprint density at radius 1 is 1.64 bits per heavy atom. The largest absolute Gasteiger partial charge is 0.468 e. The van der Waals surface area contributed by atoms with Crippen LogP contribution in [0.5, 0.6) is 0 Å². The lowest BCUT2D eigenvalue weighted by atomic mass is 9.71. The fourth-order valence-corrected chi connectivity index (χ4v) is 2.47. The lowest BCUT2D eigenvalue weighted by Gasteiger charge is -2.41. The molecule has 0 bridgehead atoms. The summed E-state index contributed by atoms with van der Waals surface area (Å²) < 4.78 is 4.67. The molecule has 0 amide bonds. The number of esters is 1. The molecule has 4 unspecified atom stereocenters. The first kappa shape index (κ1) is 9.71. The summed E-state index contributed by atoms with van der Waals surface area (Å²) in [7, 11) is 1.43. The summed E-state index contributed by atoms with van der Waals surface area (Å²) in [5.41, 5.74) is 0. The molecule has 78 valence electrons. The van der Waals surface area contributed by atoms with Crippen molar-refractivity contribution in [3.63, 3.8) is 0 Å². The lowest BCUT2D eigenvalue weighted by Crippen LogP contribution is -2.53. The number of ether oxygens (including phenoxy) is 1. The van der Waals surface area contributed by atoms with Gasteiger partial charge in [-0.1, -0.05) is 12.2 Å². The van der Waals surface area contributed by atoms with Crippen molar-refractivity contribution >= 4 is 5.97 Å². The summed E-state index contributed by atoms with van der Waals surface area (Å²) >= 11 is 0. The molecule has 0 aromatic rings. The van der Waals surface area contributed by atoms with E-state index in [-0.39, 0.29) is 12.0 Å². The average molecular weight is 195 g/mol. The highest BCUT2D eigenvalue weighted by Crippen LogP contribution is 2.42. The van der Waals surface area contributed by atoms with Crippen LogP contribution in [0, 0.1) is 11.8 Å². The molecular formula is C11H17NO2. The van der Waals surface area contributed by atoms with Crippen molar-refractivity contribution in [2.45, 2.75) is 31.8 Å². The molecule has 0 aromatic carbocycles. The Bertz CT molecular complexity index is 262. The first-order chi connectivity index (χ1) is 6.72. The zero-order valence-electron chi connectivity index (χ0n) is 8.69. The van der Waals surface area contributed by atoms with Crippen molar-refractivity contribution in [3.8, 4) is 0 Å². The van der Waals surface area contributed by atoms with E-state index < -0.39 is 0 Å². The van der Waals surface area contributed by atoms with Crippen LogP contribution in [0.3, 0.4) is 0 Å². The molecule has 0 spiro atoms. The van der Waals surface area contributed by atoms with Crippen LogP contribution >= 0.6 is 0 Å². The molecule has 0 aromatic heterocycles. The lowest BCUT2D eigenvalue weighted by molar-refractivity contribution is -0.143. The van der Waals surface area contributed by atoms with Crippen LogP contribution in [0.1, 0.15) is 19.8 Å².